The summed E-state index contributed by atoms with van der Waals surface area (Å²) in [5.74, 6) is 0.0882. The van der Waals surface area contributed by atoms with E-state index in [-0.39, 0.29) is 17.9 Å². The van der Waals surface area contributed by atoms with Crippen LogP contribution in [0, 0.1) is 5.92 Å². The van der Waals surface area contributed by atoms with Gasteiger partial charge in [-0.05, 0) is 25.3 Å². The molecule has 1 aliphatic rings. The first-order chi connectivity index (χ1) is 9.08. The highest BCUT2D eigenvalue weighted by atomic mass is 16.1. The average Bonchev–Trinajstić information content (AvgIpc) is 2.39. The van der Waals surface area contributed by atoms with Crippen LogP contribution in [0.15, 0.2) is 18.5 Å². The third-order valence-electron chi connectivity index (χ3n) is 3.62. The van der Waals surface area contributed by atoms with Crippen LogP contribution in [0.4, 0.5) is 11.4 Å². The maximum absolute atomic E-state index is 12.3. The van der Waals surface area contributed by atoms with E-state index in [0.717, 1.165) is 37.1 Å². The van der Waals surface area contributed by atoms with E-state index in [0.29, 0.717) is 0 Å². The van der Waals surface area contributed by atoms with E-state index in [1.807, 2.05) is 25.1 Å². The van der Waals surface area contributed by atoms with Crippen LogP contribution in [-0.4, -0.2) is 31.0 Å². The number of hydrogen-bond acceptors (Lipinski definition) is 4. The zero-order valence-electron chi connectivity index (χ0n) is 11.6. The van der Waals surface area contributed by atoms with Crippen molar-refractivity contribution >= 4 is 17.3 Å². The van der Waals surface area contributed by atoms with Gasteiger partial charge in [-0.1, -0.05) is 6.42 Å². The first kappa shape index (κ1) is 13.8. The van der Waals surface area contributed by atoms with Gasteiger partial charge in [-0.3, -0.25) is 9.78 Å². The number of nitrogens with zero attached hydrogens (tertiary/aromatic N) is 2. The second-order valence-corrected chi connectivity index (χ2v) is 5.40. The Balaban J connectivity index is 2.06. The minimum Gasteiger partial charge on any atom is -0.376 e. The SMILES string of the molecule is CN(C)c1ccncc1NC(=O)C1CCCC(N)C1. The topological polar surface area (TPSA) is 71.2 Å². The van der Waals surface area contributed by atoms with Crippen LogP contribution >= 0.6 is 0 Å². The van der Waals surface area contributed by atoms with Crippen LogP contribution in [-0.2, 0) is 4.79 Å². The number of anilines is 2. The zero-order valence-corrected chi connectivity index (χ0v) is 11.6. The van der Waals surface area contributed by atoms with E-state index in [4.69, 9.17) is 5.73 Å². The summed E-state index contributed by atoms with van der Waals surface area (Å²) in [4.78, 5) is 18.3. The molecular weight excluding hydrogens is 240 g/mol. The number of carbonyl (C=O) groups is 1. The van der Waals surface area contributed by atoms with Crippen molar-refractivity contribution in [1.29, 1.82) is 0 Å². The van der Waals surface area contributed by atoms with Gasteiger partial charge in [0.05, 0.1) is 17.6 Å². The highest BCUT2D eigenvalue weighted by molar-refractivity contribution is 5.95. The molecule has 1 aromatic rings. The molecule has 0 radical (unpaired) electrons. The molecule has 104 valence electrons. The Morgan fingerprint density at radius 3 is 2.95 bits per heavy atom. The normalized spacial score (nSPS) is 22.9. The molecule has 1 heterocycles. The predicted octanol–water partition coefficient (Wildman–Crippen LogP) is 1.60. The Morgan fingerprint density at radius 2 is 2.26 bits per heavy atom. The van der Waals surface area contributed by atoms with Crippen molar-refractivity contribution in [1.82, 2.24) is 4.98 Å². The summed E-state index contributed by atoms with van der Waals surface area (Å²) < 4.78 is 0. The molecule has 0 aromatic carbocycles. The van der Waals surface area contributed by atoms with Gasteiger partial charge in [0.25, 0.3) is 0 Å². The first-order valence-corrected chi connectivity index (χ1v) is 6.75. The first-order valence-electron chi connectivity index (χ1n) is 6.75. The van der Waals surface area contributed by atoms with Crippen molar-refractivity contribution in [3.63, 3.8) is 0 Å². The zero-order chi connectivity index (χ0) is 13.8. The lowest BCUT2D eigenvalue weighted by molar-refractivity contribution is -0.120. The lowest BCUT2D eigenvalue weighted by Gasteiger charge is -2.26. The van der Waals surface area contributed by atoms with Crippen molar-refractivity contribution < 1.29 is 4.79 Å². The smallest absolute Gasteiger partial charge is 0.227 e. The molecule has 3 N–H and O–H groups in total. The fraction of sp³-hybridized carbons (Fsp3) is 0.571. The Kier molecular flexibility index (Phi) is 4.37. The third kappa shape index (κ3) is 3.44. The maximum Gasteiger partial charge on any atom is 0.227 e. The number of nitrogens with two attached hydrogens (primary N) is 1. The molecular formula is C14H22N4O. The number of carbonyl (C=O) groups excluding carboxylic acids is 1. The van der Waals surface area contributed by atoms with Crippen LogP contribution < -0.4 is 16.0 Å². The average molecular weight is 262 g/mol. The number of hydrogen-bond donors (Lipinski definition) is 2. The number of aromatic nitrogens is 1. The highest BCUT2D eigenvalue weighted by Gasteiger charge is 2.25. The van der Waals surface area contributed by atoms with Crippen molar-refractivity contribution in [3.05, 3.63) is 18.5 Å². The predicted molar refractivity (Wildman–Crippen MR) is 77.1 cm³/mol. The van der Waals surface area contributed by atoms with Gasteiger partial charge in [-0.15, -0.1) is 0 Å². The second kappa shape index (κ2) is 6.02. The largest absolute Gasteiger partial charge is 0.376 e. The Hall–Kier alpha value is -1.62. The Labute approximate surface area is 114 Å². The van der Waals surface area contributed by atoms with Gasteiger partial charge in [0.15, 0.2) is 0 Å². The van der Waals surface area contributed by atoms with E-state index in [2.05, 4.69) is 10.3 Å². The van der Waals surface area contributed by atoms with Crippen LogP contribution in [0.3, 0.4) is 0 Å². The quantitative estimate of drug-likeness (QED) is 0.868. The number of nitrogens with one attached hydrogen (secondary N) is 1. The molecule has 0 spiro atoms. The molecule has 0 saturated heterocycles. The lowest BCUT2D eigenvalue weighted by atomic mass is 9.85. The van der Waals surface area contributed by atoms with Gasteiger partial charge in [0.2, 0.25) is 5.91 Å². The van der Waals surface area contributed by atoms with Gasteiger partial charge in [0.1, 0.15) is 0 Å². The summed E-state index contributed by atoms with van der Waals surface area (Å²) in [5, 5.41) is 2.98. The van der Waals surface area contributed by atoms with Gasteiger partial charge in [-0.25, -0.2) is 0 Å². The van der Waals surface area contributed by atoms with Crippen molar-refractivity contribution in [3.8, 4) is 0 Å². The van der Waals surface area contributed by atoms with E-state index in [1.54, 1.807) is 12.4 Å². The van der Waals surface area contributed by atoms with Crippen molar-refractivity contribution in [2.75, 3.05) is 24.3 Å². The molecule has 0 bridgehead atoms. The van der Waals surface area contributed by atoms with E-state index in [1.165, 1.54) is 0 Å². The molecule has 2 unspecified atom stereocenters. The number of pyridine rings is 1. The monoisotopic (exact) mass is 262 g/mol. The summed E-state index contributed by atoms with van der Waals surface area (Å²) in [6.07, 6.45) is 7.18. The molecule has 0 aliphatic heterocycles. The van der Waals surface area contributed by atoms with E-state index < -0.39 is 0 Å². The molecule has 1 amide bonds. The minimum absolute atomic E-state index is 0.0268. The van der Waals surface area contributed by atoms with Crippen LogP contribution in [0.2, 0.25) is 0 Å². The molecule has 1 aromatic heterocycles. The van der Waals surface area contributed by atoms with Crippen LogP contribution in [0.1, 0.15) is 25.7 Å². The van der Waals surface area contributed by atoms with Gasteiger partial charge in [0, 0.05) is 32.3 Å². The lowest BCUT2D eigenvalue weighted by Crippen LogP contribution is -2.34. The van der Waals surface area contributed by atoms with Crippen LogP contribution in [0.25, 0.3) is 0 Å². The van der Waals surface area contributed by atoms with Crippen LogP contribution in [0.5, 0.6) is 0 Å². The number of amides is 1. The fourth-order valence-corrected chi connectivity index (χ4v) is 2.57. The van der Waals surface area contributed by atoms with Crippen molar-refractivity contribution in [2.45, 2.75) is 31.7 Å². The second-order valence-electron chi connectivity index (χ2n) is 5.40. The molecule has 19 heavy (non-hydrogen) atoms. The summed E-state index contributed by atoms with van der Waals surface area (Å²) in [7, 11) is 3.89. The molecule has 1 saturated carbocycles. The standard InChI is InChI=1S/C14H22N4O/c1-18(2)13-6-7-16-9-12(13)17-14(19)10-4-3-5-11(15)8-10/h6-7,9-11H,3-5,8,15H2,1-2H3,(H,17,19). The molecule has 1 aliphatic carbocycles. The Morgan fingerprint density at radius 1 is 1.47 bits per heavy atom. The summed E-state index contributed by atoms with van der Waals surface area (Å²) in [5.41, 5.74) is 7.66. The minimum atomic E-state index is 0.0268. The molecule has 5 heteroatoms. The summed E-state index contributed by atoms with van der Waals surface area (Å²) >= 11 is 0. The number of rotatable bonds is 3. The third-order valence-corrected chi connectivity index (χ3v) is 3.62. The fourth-order valence-electron chi connectivity index (χ4n) is 2.57. The Bertz CT molecular complexity index is 447. The maximum atomic E-state index is 12.3. The molecule has 5 nitrogen and oxygen atoms in total. The van der Waals surface area contributed by atoms with E-state index >= 15 is 0 Å². The summed E-state index contributed by atoms with van der Waals surface area (Å²) in [6, 6.07) is 2.05. The van der Waals surface area contributed by atoms with Crippen molar-refractivity contribution in [2.24, 2.45) is 11.7 Å². The van der Waals surface area contributed by atoms with Gasteiger partial charge < -0.3 is 16.0 Å². The highest BCUT2D eigenvalue weighted by Crippen LogP contribution is 2.27. The molecule has 1 fully saturated rings. The molecule has 2 atom stereocenters. The molecule has 2 rings (SSSR count). The van der Waals surface area contributed by atoms with Gasteiger partial charge >= 0.3 is 0 Å². The van der Waals surface area contributed by atoms with E-state index in [9.17, 15) is 4.79 Å². The summed E-state index contributed by atoms with van der Waals surface area (Å²) in [6.45, 7) is 0. The van der Waals surface area contributed by atoms with Gasteiger partial charge in [-0.2, -0.15) is 0 Å².